The number of ether oxygens (including phenoxy) is 2. The number of benzene rings is 1. The highest BCUT2D eigenvalue weighted by Crippen LogP contribution is 2.28. The number of rotatable bonds is 8. The Bertz CT molecular complexity index is 1160. The van der Waals surface area contributed by atoms with Crippen molar-refractivity contribution in [2.24, 2.45) is 5.73 Å². The molecule has 0 radical (unpaired) electrons. The Labute approximate surface area is 194 Å². The zero-order chi connectivity index (χ0) is 25.9. The van der Waals surface area contributed by atoms with Gasteiger partial charge in [0.2, 0.25) is 5.91 Å². The molecule has 35 heavy (non-hydrogen) atoms. The summed E-state index contributed by atoms with van der Waals surface area (Å²) in [5.74, 6) is -4.99. The van der Waals surface area contributed by atoms with Crippen LogP contribution in [0, 0.1) is 17.5 Å². The second-order valence-electron chi connectivity index (χ2n) is 7.60. The number of primary amides is 1. The van der Waals surface area contributed by atoms with Crippen molar-refractivity contribution < 1.29 is 47.6 Å². The molecule has 0 bridgehead atoms. The van der Waals surface area contributed by atoms with Crippen molar-refractivity contribution in [2.45, 2.75) is 43.5 Å². The zero-order valence-electron chi connectivity index (χ0n) is 17.8. The lowest BCUT2D eigenvalue weighted by Crippen LogP contribution is -2.36. The van der Waals surface area contributed by atoms with E-state index >= 15 is 0 Å². The summed E-state index contributed by atoms with van der Waals surface area (Å²) in [6, 6.07) is 2.02. The van der Waals surface area contributed by atoms with Crippen LogP contribution < -0.4 is 16.7 Å². The van der Waals surface area contributed by atoms with Gasteiger partial charge in [0, 0.05) is 18.7 Å². The SMILES string of the molecule is NC(=O)OC(CC(=O)Nc1ccn(C2OC(CO)C(O)C2O)c(=O)n1)Cc1cc(F)c(F)cc1F. The summed E-state index contributed by atoms with van der Waals surface area (Å²) < 4.78 is 51.4. The first-order valence-electron chi connectivity index (χ1n) is 10.1. The van der Waals surface area contributed by atoms with Crippen LogP contribution in [-0.4, -0.2) is 67.9 Å². The van der Waals surface area contributed by atoms with Crippen molar-refractivity contribution >= 4 is 17.8 Å². The normalized spacial score (nSPS) is 22.6. The summed E-state index contributed by atoms with van der Waals surface area (Å²) in [6.45, 7) is -0.603. The van der Waals surface area contributed by atoms with Crippen LogP contribution in [-0.2, 0) is 20.7 Å². The molecule has 0 aliphatic carbocycles. The predicted octanol–water partition coefficient (Wildman–Crippen LogP) is -0.693. The number of carbonyl (C=O) groups is 2. The van der Waals surface area contributed by atoms with Crippen LogP contribution in [0.15, 0.2) is 29.2 Å². The number of aliphatic hydroxyl groups excluding tert-OH is 3. The lowest BCUT2D eigenvalue weighted by atomic mass is 10.0. The number of amides is 2. The van der Waals surface area contributed by atoms with Gasteiger partial charge in [0.15, 0.2) is 17.9 Å². The summed E-state index contributed by atoms with van der Waals surface area (Å²) >= 11 is 0. The monoisotopic (exact) mass is 502 g/mol. The molecule has 1 aromatic carbocycles. The van der Waals surface area contributed by atoms with Crippen LogP contribution in [0.5, 0.6) is 0 Å². The maximum Gasteiger partial charge on any atom is 0.404 e. The van der Waals surface area contributed by atoms with E-state index in [2.05, 4.69) is 10.3 Å². The minimum absolute atomic E-state index is 0.250. The molecule has 2 amide bonds. The molecule has 1 saturated heterocycles. The molecule has 1 aliphatic rings. The van der Waals surface area contributed by atoms with Crippen molar-refractivity contribution in [3.63, 3.8) is 0 Å². The number of aliphatic hydroxyl groups is 3. The van der Waals surface area contributed by atoms with Crippen LogP contribution in [0.25, 0.3) is 0 Å². The van der Waals surface area contributed by atoms with Crippen molar-refractivity contribution in [1.82, 2.24) is 9.55 Å². The number of carbonyl (C=O) groups excluding carboxylic acids is 2. The Morgan fingerprint density at radius 2 is 1.89 bits per heavy atom. The Balaban J connectivity index is 1.70. The molecule has 6 N–H and O–H groups in total. The van der Waals surface area contributed by atoms with Gasteiger partial charge in [-0.2, -0.15) is 4.98 Å². The molecule has 0 spiro atoms. The highest BCUT2D eigenvalue weighted by molar-refractivity contribution is 5.90. The summed E-state index contributed by atoms with van der Waals surface area (Å²) in [6.07, 6.45) is -8.13. The number of nitrogens with two attached hydrogens (primary N) is 1. The van der Waals surface area contributed by atoms with Gasteiger partial charge in [-0.15, -0.1) is 0 Å². The molecule has 5 unspecified atom stereocenters. The van der Waals surface area contributed by atoms with E-state index in [0.717, 1.165) is 16.8 Å². The van der Waals surface area contributed by atoms with Gasteiger partial charge in [-0.3, -0.25) is 9.36 Å². The lowest BCUT2D eigenvalue weighted by Gasteiger charge is -2.18. The Hall–Kier alpha value is -3.53. The second kappa shape index (κ2) is 10.8. The number of hydrogen-bond acceptors (Lipinski definition) is 9. The lowest BCUT2D eigenvalue weighted by molar-refractivity contribution is -0.118. The van der Waals surface area contributed by atoms with Gasteiger partial charge in [0.25, 0.3) is 0 Å². The van der Waals surface area contributed by atoms with Gasteiger partial charge >= 0.3 is 11.8 Å². The van der Waals surface area contributed by atoms with E-state index in [1.54, 1.807) is 0 Å². The first-order valence-corrected chi connectivity index (χ1v) is 10.1. The fourth-order valence-corrected chi connectivity index (χ4v) is 3.47. The molecule has 0 saturated carbocycles. The summed E-state index contributed by atoms with van der Waals surface area (Å²) in [4.78, 5) is 39.5. The number of nitrogens with zero attached hydrogens (tertiary/aromatic N) is 2. The molecule has 5 atom stereocenters. The second-order valence-corrected chi connectivity index (χ2v) is 7.60. The first kappa shape index (κ1) is 26.1. The van der Waals surface area contributed by atoms with E-state index in [0.29, 0.717) is 12.1 Å². The first-order chi connectivity index (χ1) is 16.5. The predicted molar refractivity (Wildman–Crippen MR) is 109 cm³/mol. The average Bonchev–Trinajstić information content (AvgIpc) is 3.05. The molecule has 15 heteroatoms. The molecule has 1 aromatic heterocycles. The van der Waals surface area contributed by atoms with Crippen LogP contribution in [0.1, 0.15) is 18.2 Å². The zero-order valence-corrected chi connectivity index (χ0v) is 17.8. The van der Waals surface area contributed by atoms with Crippen LogP contribution in [0.3, 0.4) is 0 Å². The van der Waals surface area contributed by atoms with Gasteiger partial charge < -0.3 is 35.8 Å². The van der Waals surface area contributed by atoms with Crippen molar-refractivity contribution in [1.29, 1.82) is 0 Å². The van der Waals surface area contributed by atoms with E-state index in [4.69, 9.17) is 20.3 Å². The Kier molecular flexibility index (Phi) is 8.06. The molecule has 12 nitrogen and oxygen atoms in total. The highest BCUT2D eigenvalue weighted by Gasteiger charge is 2.43. The summed E-state index contributed by atoms with van der Waals surface area (Å²) in [5, 5.41) is 31.2. The fourth-order valence-electron chi connectivity index (χ4n) is 3.47. The number of anilines is 1. The van der Waals surface area contributed by atoms with Crippen molar-refractivity contribution in [2.75, 3.05) is 11.9 Å². The smallest absolute Gasteiger partial charge is 0.404 e. The van der Waals surface area contributed by atoms with Crippen LogP contribution in [0.2, 0.25) is 0 Å². The fraction of sp³-hybridized carbons (Fsp3) is 0.400. The number of nitrogens with one attached hydrogen (secondary N) is 1. The maximum atomic E-state index is 13.9. The van der Waals surface area contributed by atoms with Crippen LogP contribution in [0.4, 0.5) is 23.8 Å². The molecule has 190 valence electrons. The van der Waals surface area contributed by atoms with E-state index in [-0.39, 0.29) is 11.4 Å². The Morgan fingerprint density at radius 1 is 1.20 bits per heavy atom. The maximum absolute atomic E-state index is 13.9. The standard InChI is InChI=1S/C20H21F3N4O8/c21-10-6-12(23)11(22)4-8(10)3-9(34-19(24)32)5-15(29)25-14-1-2-27(20(33)26-14)18-17(31)16(30)13(7-28)35-18/h1-2,4,6,9,13,16-18,28,30-31H,3,5,7H2,(H2,24,32)(H,25,26,29,33). The summed E-state index contributed by atoms with van der Waals surface area (Å²) in [5.41, 5.74) is 3.61. The molecule has 2 aromatic rings. The van der Waals surface area contributed by atoms with E-state index in [1.165, 1.54) is 0 Å². The molecule has 1 fully saturated rings. The third kappa shape index (κ3) is 6.13. The number of hydrogen-bond donors (Lipinski definition) is 5. The largest absolute Gasteiger partial charge is 0.445 e. The molecular formula is C20H21F3N4O8. The van der Waals surface area contributed by atoms with E-state index in [1.807, 2.05) is 0 Å². The molecular weight excluding hydrogens is 481 g/mol. The number of halogens is 3. The topological polar surface area (TPSA) is 186 Å². The van der Waals surface area contributed by atoms with Gasteiger partial charge in [-0.05, 0) is 17.7 Å². The summed E-state index contributed by atoms with van der Waals surface area (Å²) in [7, 11) is 0. The van der Waals surface area contributed by atoms with Gasteiger partial charge in [0.1, 0.15) is 36.1 Å². The van der Waals surface area contributed by atoms with Gasteiger partial charge in [-0.25, -0.2) is 22.8 Å². The van der Waals surface area contributed by atoms with Crippen molar-refractivity contribution in [3.8, 4) is 0 Å². The van der Waals surface area contributed by atoms with Gasteiger partial charge in [0.05, 0.1) is 13.0 Å². The van der Waals surface area contributed by atoms with E-state index < -0.39 is 85.2 Å². The van der Waals surface area contributed by atoms with Gasteiger partial charge in [-0.1, -0.05) is 0 Å². The minimum atomic E-state index is -1.53. The average molecular weight is 502 g/mol. The minimum Gasteiger partial charge on any atom is -0.445 e. The number of aromatic nitrogens is 2. The third-order valence-electron chi connectivity index (χ3n) is 5.12. The van der Waals surface area contributed by atoms with E-state index in [9.17, 15) is 37.8 Å². The highest BCUT2D eigenvalue weighted by atomic mass is 19.2. The molecule has 3 rings (SSSR count). The molecule has 2 heterocycles. The van der Waals surface area contributed by atoms with Crippen LogP contribution >= 0.6 is 0 Å². The quantitative estimate of drug-likeness (QED) is 0.291. The molecule has 1 aliphatic heterocycles. The Morgan fingerprint density at radius 3 is 2.49 bits per heavy atom. The van der Waals surface area contributed by atoms with Crippen molar-refractivity contribution in [3.05, 3.63) is 57.9 Å². The third-order valence-corrected chi connectivity index (χ3v) is 5.12.